The second kappa shape index (κ2) is 4.27. The van der Waals surface area contributed by atoms with Gasteiger partial charge < -0.3 is 5.73 Å². The van der Waals surface area contributed by atoms with Crippen LogP contribution in [0, 0.1) is 6.92 Å². The number of nitrogens with one attached hydrogen (secondary N) is 1. The van der Waals surface area contributed by atoms with Crippen LogP contribution >= 0.6 is 11.3 Å². The van der Waals surface area contributed by atoms with E-state index < -0.39 is 0 Å². The maximum absolute atomic E-state index is 6.06. The lowest BCUT2D eigenvalue weighted by molar-refractivity contribution is 1.10. The fourth-order valence-electron chi connectivity index (χ4n) is 1.79. The Hall–Kier alpha value is -2.14. The number of H-pyrrole nitrogens is 1. The van der Waals surface area contributed by atoms with Gasteiger partial charge in [0.05, 0.1) is 0 Å². The van der Waals surface area contributed by atoms with Crippen LogP contribution in [-0.2, 0) is 0 Å². The number of nitrogen functional groups attached to an aromatic ring is 1. The number of para-hydroxylation sites is 1. The molecule has 0 saturated carbocycles. The van der Waals surface area contributed by atoms with E-state index in [1.165, 1.54) is 0 Å². The molecule has 0 aliphatic carbocycles. The van der Waals surface area contributed by atoms with Gasteiger partial charge in [-0.1, -0.05) is 12.1 Å². The maximum atomic E-state index is 6.06. The Balaban J connectivity index is 2.06. The fraction of sp³-hybridized carbons (Fsp3) is 0.0769. The molecule has 2 aromatic heterocycles. The minimum Gasteiger partial charge on any atom is -0.398 e. The molecule has 18 heavy (non-hydrogen) atoms. The lowest BCUT2D eigenvalue weighted by atomic mass is 10.1. The quantitative estimate of drug-likeness (QED) is 0.692. The Morgan fingerprint density at radius 1 is 1.28 bits per heavy atom. The molecule has 0 spiro atoms. The van der Waals surface area contributed by atoms with Gasteiger partial charge in [-0.2, -0.15) is 16.4 Å². The van der Waals surface area contributed by atoms with E-state index in [2.05, 4.69) is 15.2 Å². The van der Waals surface area contributed by atoms with Gasteiger partial charge in [0.1, 0.15) is 0 Å². The Morgan fingerprint density at radius 2 is 2.17 bits per heavy atom. The average Bonchev–Trinajstić information content (AvgIpc) is 3.01. The molecular formula is C13H12N4S. The summed E-state index contributed by atoms with van der Waals surface area (Å²) in [4.78, 5) is 4.48. The first kappa shape index (κ1) is 11.0. The van der Waals surface area contributed by atoms with E-state index in [0.29, 0.717) is 11.6 Å². The van der Waals surface area contributed by atoms with Gasteiger partial charge in [-0.15, -0.1) is 0 Å². The molecule has 3 rings (SSSR count). The van der Waals surface area contributed by atoms with Gasteiger partial charge in [0, 0.05) is 22.2 Å². The molecule has 0 aliphatic heterocycles. The van der Waals surface area contributed by atoms with E-state index in [-0.39, 0.29) is 0 Å². The molecule has 1 aromatic carbocycles. The molecule has 90 valence electrons. The number of hydrogen-bond acceptors (Lipinski definition) is 4. The van der Waals surface area contributed by atoms with E-state index in [0.717, 1.165) is 22.4 Å². The number of hydrogen-bond donors (Lipinski definition) is 2. The van der Waals surface area contributed by atoms with Crippen molar-refractivity contribution in [1.29, 1.82) is 0 Å². The summed E-state index contributed by atoms with van der Waals surface area (Å²) in [5, 5.41) is 11.2. The number of anilines is 1. The van der Waals surface area contributed by atoms with Crippen LogP contribution in [0.5, 0.6) is 0 Å². The fourth-order valence-corrected chi connectivity index (χ4v) is 2.42. The zero-order chi connectivity index (χ0) is 12.5. The van der Waals surface area contributed by atoms with Crippen LogP contribution in [-0.4, -0.2) is 15.2 Å². The molecule has 0 amide bonds. The Morgan fingerprint density at radius 3 is 2.94 bits per heavy atom. The Labute approximate surface area is 109 Å². The smallest absolute Gasteiger partial charge is 0.182 e. The molecule has 0 aliphatic rings. The van der Waals surface area contributed by atoms with E-state index >= 15 is 0 Å². The zero-order valence-corrected chi connectivity index (χ0v) is 10.7. The first-order chi connectivity index (χ1) is 8.75. The normalized spacial score (nSPS) is 10.7. The Bertz CT molecular complexity index is 670. The molecule has 0 atom stereocenters. The van der Waals surface area contributed by atoms with Crippen LogP contribution in [0.3, 0.4) is 0 Å². The lowest BCUT2D eigenvalue weighted by Gasteiger charge is -2.04. The van der Waals surface area contributed by atoms with Gasteiger partial charge in [-0.25, -0.2) is 4.98 Å². The highest BCUT2D eigenvalue weighted by Crippen LogP contribution is 2.27. The van der Waals surface area contributed by atoms with Crippen molar-refractivity contribution >= 4 is 17.0 Å². The number of aryl methyl sites for hydroxylation is 1. The topological polar surface area (TPSA) is 67.6 Å². The summed E-state index contributed by atoms with van der Waals surface area (Å²) in [5.41, 5.74) is 9.76. The number of nitrogens with zero attached hydrogens (tertiary/aromatic N) is 2. The first-order valence-corrected chi connectivity index (χ1v) is 6.50. The second-order valence-corrected chi connectivity index (χ2v) is 4.84. The third-order valence-electron chi connectivity index (χ3n) is 2.84. The summed E-state index contributed by atoms with van der Waals surface area (Å²) in [6.07, 6.45) is 0. The van der Waals surface area contributed by atoms with Crippen molar-refractivity contribution in [2.45, 2.75) is 6.92 Å². The predicted molar refractivity (Wildman–Crippen MR) is 74.3 cm³/mol. The van der Waals surface area contributed by atoms with Crippen molar-refractivity contribution in [3.8, 4) is 22.8 Å². The van der Waals surface area contributed by atoms with E-state index in [4.69, 9.17) is 5.73 Å². The minimum absolute atomic E-state index is 0.701. The molecule has 0 radical (unpaired) electrons. The summed E-state index contributed by atoms with van der Waals surface area (Å²) in [6.45, 7) is 1.98. The van der Waals surface area contributed by atoms with Crippen molar-refractivity contribution in [2.75, 3.05) is 5.73 Å². The molecule has 5 heteroatoms. The summed E-state index contributed by atoms with van der Waals surface area (Å²) in [7, 11) is 0. The van der Waals surface area contributed by atoms with Crippen LogP contribution in [0.15, 0.2) is 35.0 Å². The van der Waals surface area contributed by atoms with Gasteiger partial charge in [-0.05, 0) is 30.0 Å². The molecular weight excluding hydrogens is 244 g/mol. The molecule has 0 fully saturated rings. The van der Waals surface area contributed by atoms with Crippen LogP contribution in [0.4, 0.5) is 5.69 Å². The molecule has 0 bridgehead atoms. The second-order valence-electron chi connectivity index (χ2n) is 4.06. The van der Waals surface area contributed by atoms with Crippen molar-refractivity contribution in [3.05, 3.63) is 40.6 Å². The van der Waals surface area contributed by atoms with Gasteiger partial charge in [-0.3, -0.25) is 5.10 Å². The Kier molecular flexibility index (Phi) is 2.60. The first-order valence-electron chi connectivity index (χ1n) is 5.56. The highest BCUT2D eigenvalue weighted by Gasteiger charge is 2.11. The van der Waals surface area contributed by atoms with Crippen molar-refractivity contribution in [3.63, 3.8) is 0 Å². The standard InChI is InChI=1S/C13H12N4S/c1-8-3-2-4-10(11(8)14)13-15-12(16-17-13)9-5-6-18-7-9/h2-7H,14H2,1H3,(H,15,16,17). The summed E-state index contributed by atoms with van der Waals surface area (Å²) in [6, 6.07) is 7.89. The third-order valence-corrected chi connectivity index (χ3v) is 3.53. The van der Waals surface area contributed by atoms with Gasteiger partial charge in [0.2, 0.25) is 0 Å². The van der Waals surface area contributed by atoms with Gasteiger partial charge in [0.15, 0.2) is 11.6 Å². The maximum Gasteiger partial charge on any atom is 0.182 e. The minimum atomic E-state index is 0.701. The van der Waals surface area contributed by atoms with E-state index in [1.54, 1.807) is 11.3 Å². The lowest BCUT2D eigenvalue weighted by Crippen LogP contribution is -1.94. The van der Waals surface area contributed by atoms with Crippen LogP contribution < -0.4 is 5.73 Å². The molecule has 4 nitrogen and oxygen atoms in total. The monoisotopic (exact) mass is 256 g/mol. The average molecular weight is 256 g/mol. The SMILES string of the molecule is Cc1cccc(-c2nc(-c3ccsc3)n[nH]2)c1N. The van der Waals surface area contributed by atoms with Crippen molar-refractivity contribution < 1.29 is 0 Å². The summed E-state index contributed by atoms with van der Waals surface area (Å²) < 4.78 is 0. The van der Waals surface area contributed by atoms with Crippen molar-refractivity contribution in [2.24, 2.45) is 0 Å². The zero-order valence-electron chi connectivity index (χ0n) is 9.84. The number of nitrogens with two attached hydrogens (primary N) is 1. The summed E-state index contributed by atoms with van der Waals surface area (Å²) >= 11 is 1.63. The molecule has 2 heterocycles. The molecule has 3 aromatic rings. The molecule has 3 N–H and O–H groups in total. The molecule has 0 saturated heterocycles. The number of rotatable bonds is 2. The van der Waals surface area contributed by atoms with Crippen molar-refractivity contribution in [1.82, 2.24) is 15.2 Å². The van der Waals surface area contributed by atoms with Gasteiger partial charge >= 0.3 is 0 Å². The van der Waals surface area contributed by atoms with Crippen LogP contribution in [0.2, 0.25) is 0 Å². The number of aromatic amines is 1. The predicted octanol–water partition coefficient (Wildman–Crippen LogP) is 3.09. The summed E-state index contributed by atoms with van der Waals surface area (Å²) in [5.74, 6) is 1.41. The third kappa shape index (κ3) is 1.78. The largest absolute Gasteiger partial charge is 0.398 e. The highest BCUT2D eigenvalue weighted by molar-refractivity contribution is 7.08. The van der Waals surface area contributed by atoms with Crippen LogP contribution in [0.1, 0.15) is 5.56 Å². The van der Waals surface area contributed by atoms with Crippen LogP contribution in [0.25, 0.3) is 22.8 Å². The van der Waals surface area contributed by atoms with E-state index in [1.807, 2.05) is 41.9 Å². The number of thiophene rings is 1. The number of benzene rings is 1. The molecule has 0 unspecified atom stereocenters. The van der Waals surface area contributed by atoms with E-state index in [9.17, 15) is 0 Å². The highest BCUT2D eigenvalue weighted by atomic mass is 32.1. The number of aromatic nitrogens is 3. The van der Waals surface area contributed by atoms with Gasteiger partial charge in [0.25, 0.3) is 0 Å².